The minimum atomic E-state index is -0.176. The number of carbonyl (C=O) groups excluding carboxylic acids is 1. The van der Waals surface area contributed by atoms with Crippen molar-refractivity contribution in [3.8, 4) is 0 Å². The Labute approximate surface area is 104 Å². The number of hydrogen-bond acceptors (Lipinski definition) is 3. The van der Waals surface area contributed by atoms with Crippen LogP contribution in [0.4, 0.5) is 0 Å². The third-order valence-electron chi connectivity index (χ3n) is 2.49. The molecule has 0 amide bonds. The Morgan fingerprint density at radius 2 is 1.88 bits per heavy atom. The molecule has 5 heteroatoms. The van der Waals surface area contributed by atoms with Crippen molar-refractivity contribution in [1.29, 1.82) is 5.41 Å². The largest absolute Gasteiger partial charge is 0.466 e. The lowest BCUT2D eigenvalue weighted by molar-refractivity contribution is -0.143. The number of esters is 1. The van der Waals surface area contributed by atoms with Gasteiger partial charge in [-0.3, -0.25) is 10.2 Å². The van der Waals surface area contributed by atoms with E-state index in [1.165, 1.54) is 0 Å². The highest BCUT2D eigenvalue weighted by atomic mass is 16.5. The number of carbonyl (C=O) groups is 1. The number of ether oxygens (including phenoxy) is 1. The van der Waals surface area contributed by atoms with Crippen LogP contribution in [0.3, 0.4) is 0 Å². The monoisotopic (exact) mass is 243 g/mol. The highest BCUT2D eigenvalue weighted by molar-refractivity contribution is 5.74. The predicted octanol–water partition coefficient (Wildman–Crippen LogP) is 1.72. The van der Waals surface area contributed by atoms with Crippen LogP contribution in [0.2, 0.25) is 0 Å². The van der Waals surface area contributed by atoms with Crippen molar-refractivity contribution >= 4 is 11.9 Å². The molecule has 0 rings (SSSR count). The Hall–Kier alpha value is -1.26. The highest BCUT2D eigenvalue weighted by Gasteiger charge is 2.08. The number of rotatable bonds is 9. The zero-order valence-corrected chi connectivity index (χ0v) is 11.0. The maximum absolute atomic E-state index is 11.1. The van der Waals surface area contributed by atoms with Gasteiger partial charge >= 0.3 is 5.97 Å². The van der Waals surface area contributed by atoms with Crippen LogP contribution in [0.15, 0.2) is 0 Å². The molecule has 0 heterocycles. The van der Waals surface area contributed by atoms with Crippen LogP contribution < -0.4 is 5.73 Å². The average molecular weight is 243 g/mol. The summed E-state index contributed by atoms with van der Waals surface area (Å²) >= 11 is 0. The molecule has 0 fully saturated rings. The molecule has 0 aromatic carbocycles. The van der Waals surface area contributed by atoms with Crippen molar-refractivity contribution < 1.29 is 9.53 Å². The van der Waals surface area contributed by atoms with E-state index in [0.29, 0.717) is 26.0 Å². The van der Waals surface area contributed by atoms with Crippen LogP contribution in [0.5, 0.6) is 0 Å². The standard InChI is InChI=1S/C12H25N3O2/c1-3-5-6-9-15(12(13)14)10-7-8-11(16)17-4-2/h3-10H2,1-2H3,(H3,13,14). The van der Waals surface area contributed by atoms with E-state index in [-0.39, 0.29) is 11.9 Å². The fourth-order valence-corrected chi connectivity index (χ4v) is 1.55. The zero-order valence-electron chi connectivity index (χ0n) is 11.0. The van der Waals surface area contributed by atoms with Crippen LogP contribution in [-0.2, 0) is 9.53 Å². The van der Waals surface area contributed by atoms with E-state index in [4.69, 9.17) is 15.9 Å². The van der Waals surface area contributed by atoms with Crippen molar-refractivity contribution in [3.05, 3.63) is 0 Å². The van der Waals surface area contributed by atoms with E-state index in [1.807, 2.05) is 4.90 Å². The first-order valence-electron chi connectivity index (χ1n) is 6.36. The fourth-order valence-electron chi connectivity index (χ4n) is 1.55. The number of nitrogens with two attached hydrogens (primary N) is 1. The summed E-state index contributed by atoms with van der Waals surface area (Å²) in [5.41, 5.74) is 5.49. The van der Waals surface area contributed by atoms with E-state index >= 15 is 0 Å². The van der Waals surface area contributed by atoms with Crippen LogP contribution in [0.1, 0.15) is 46.0 Å². The Morgan fingerprint density at radius 3 is 2.41 bits per heavy atom. The van der Waals surface area contributed by atoms with Crippen LogP contribution in [0, 0.1) is 5.41 Å². The topological polar surface area (TPSA) is 79.4 Å². The van der Waals surface area contributed by atoms with Crippen LogP contribution >= 0.6 is 0 Å². The molecule has 3 N–H and O–H groups in total. The zero-order chi connectivity index (χ0) is 13.1. The Balaban J connectivity index is 3.77. The summed E-state index contributed by atoms with van der Waals surface area (Å²) in [5.74, 6) is -0.0884. The summed E-state index contributed by atoms with van der Waals surface area (Å²) in [4.78, 5) is 12.9. The van der Waals surface area contributed by atoms with Gasteiger partial charge in [-0.05, 0) is 19.8 Å². The van der Waals surface area contributed by atoms with Crippen LogP contribution in [0.25, 0.3) is 0 Å². The van der Waals surface area contributed by atoms with Gasteiger partial charge in [0.05, 0.1) is 6.61 Å². The molecule has 0 saturated heterocycles. The van der Waals surface area contributed by atoms with Crippen molar-refractivity contribution in [3.63, 3.8) is 0 Å². The summed E-state index contributed by atoms with van der Waals surface area (Å²) in [6.45, 7) is 5.80. The van der Waals surface area contributed by atoms with Gasteiger partial charge in [-0.2, -0.15) is 0 Å². The number of nitrogens with zero attached hydrogens (tertiary/aromatic N) is 1. The Kier molecular flexibility index (Phi) is 9.19. The van der Waals surface area contributed by atoms with E-state index in [9.17, 15) is 4.79 Å². The highest BCUT2D eigenvalue weighted by Crippen LogP contribution is 2.01. The van der Waals surface area contributed by atoms with Gasteiger partial charge in [0.2, 0.25) is 0 Å². The molecule has 0 aliphatic heterocycles. The van der Waals surface area contributed by atoms with Gasteiger partial charge in [0.25, 0.3) is 0 Å². The van der Waals surface area contributed by atoms with Gasteiger partial charge in [-0.1, -0.05) is 19.8 Å². The van der Waals surface area contributed by atoms with Gasteiger partial charge in [-0.15, -0.1) is 0 Å². The summed E-state index contributed by atoms with van der Waals surface area (Å²) in [6.07, 6.45) is 4.40. The minimum Gasteiger partial charge on any atom is -0.466 e. The number of guanidine groups is 1. The van der Waals surface area contributed by atoms with Crippen molar-refractivity contribution in [1.82, 2.24) is 4.90 Å². The second-order valence-electron chi connectivity index (χ2n) is 3.99. The third-order valence-corrected chi connectivity index (χ3v) is 2.49. The first kappa shape index (κ1) is 15.7. The lowest BCUT2D eigenvalue weighted by Gasteiger charge is -2.22. The molecule has 0 aromatic heterocycles. The molecule has 5 nitrogen and oxygen atoms in total. The number of hydrogen-bond donors (Lipinski definition) is 2. The summed E-state index contributed by atoms with van der Waals surface area (Å²) < 4.78 is 4.84. The normalized spacial score (nSPS) is 10.0. The molecule has 0 radical (unpaired) electrons. The molecule has 0 spiro atoms. The Bertz CT molecular complexity index is 232. The molecule has 0 aliphatic rings. The summed E-state index contributed by atoms with van der Waals surface area (Å²) in [5, 5.41) is 7.44. The molecule has 0 unspecified atom stereocenters. The molecule has 0 saturated carbocycles. The number of nitrogens with one attached hydrogen (secondary N) is 1. The molecular formula is C12H25N3O2. The van der Waals surface area contributed by atoms with E-state index in [1.54, 1.807) is 6.92 Å². The minimum absolute atomic E-state index is 0.0879. The molecule has 0 aliphatic carbocycles. The first-order valence-corrected chi connectivity index (χ1v) is 6.36. The van der Waals surface area contributed by atoms with Gasteiger partial charge in [0.15, 0.2) is 5.96 Å². The molecule has 100 valence electrons. The van der Waals surface area contributed by atoms with Crippen molar-refractivity contribution in [2.45, 2.75) is 46.0 Å². The predicted molar refractivity (Wildman–Crippen MR) is 68.9 cm³/mol. The lowest BCUT2D eigenvalue weighted by Crippen LogP contribution is -2.38. The van der Waals surface area contributed by atoms with E-state index < -0.39 is 0 Å². The quantitative estimate of drug-likeness (QED) is 0.280. The second-order valence-corrected chi connectivity index (χ2v) is 3.99. The van der Waals surface area contributed by atoms with Gasteiger partial charge < -0.3 is 15.4 Å². The second kappa shape index (κ2) is 9.93. The van der Waals surface area contributed by atoms with Crippen molar-refractivity contribution in [2.75, 3.05) is 19.7 Å². The van der Waals surface area contributed by atoms with Crippen LogP contribution in [-0.4, -0.2) is 36.5 Å². The maximum atomic E-state index is 11.1. The fraction of sp³-hybridized carbons (Fsp3) is 0.833. The lowest BCUT2D eigenvalue weighted by atomic mass is 10.2. The molecule has 0 aromatic rings. The maximum Gasteiger partial charge on any atom is 0.305 e. The van der Waals surface area contributed by atoms with Gasteiger partial charge in [-0.25, -0.2) is 0 Å². The summed E-state index contributed by atoms with van der Waals surface area (Å²) in [6, 6.07) is 0. The average Bonchev–Trinajstić information content (AvgIpc) is 2.27. The summed E-state index contributed by atoms with van der Waals surface area (Å²) in [7, 11) is 0. The Morgan fingerprint density at radius 1 is 1.24 bits per heavy atom. The number of unbranched alkanes of at least 4 members (excludes halogenated alkanes) is 2. The van der Waals surface area contributed by atoms with Gasteiger partial charge in [0, 0.05) is 19.5 Å². The SMILES string of the molecule is CCCCCN(CCCC(=O)OCC)C(=N)N. The first-order chi connectivity index (χ1) is 8.11. The molecule has 17 heavy (non-hydrogen) atoms. The van der Waals surface area contributed by atoms with E-state index in [2.05, 4.69) is 6.92 Å². The smallest absolute Gasteiger partial charge is 0.305 e. The van der Waals surface area contributed by atoms with E-state index in [0.717, 1.165) is 25.8 Å². The molecule has 0 atom stereocenters. The third kappa shape index (κ3) is 8.54. The molecular weight excluding hydrogens is 218 g/mol. The molecule has 0 bridgehead atoms. The van der Waals surface area contributed by atoms with Crippen molar-refractivity contribution in [2.24, 2.45) is 5.73 Å². The van der Waals surface area contributed by atoms with Gasteiger partial charge in [0.1, 0.15) is 0 Å².